The van der Waals surface area contributed by atoms with E-state index in [1.807, 2.05) is 11.8 Å². The predicted molar refractivity (Wildman–Crippen MR) is 103 cm³/mol. The van der Waals surface area contributed by atoms with Crippen molar-refractivity contribution in [2.45, 2.75) is 70.9 Å². The van der Waals surface area contributed by atoms with Gasteiger partial charge in [-0.2, -0.15) is 0 Å². The van der Waals surface area contributed by atoms with Gasteiger partial charge in [-0.1, -0.05) is 52.0 Å². The fourth-order valence-electron chi connectivity index (χ4n) is 3.57. The molecule has 5 heteroatoms. The van der Waals surface area contributed by atoms with E-state index in [4.69, 9.17) is 5.11 Å². The fourth-order valence-corrected chi connectivity index (χ4v) is 3.57. The summed E-state index contributed by atoms with van der Waals surface area (Å²) in [6.45, 7) is 9.20. The number of nitrogens with one attached hydrogen (secondary N) is 1. The van der Waals surface area contributed by atoms with Crippen molar-refractivity contribution in [3.8, 4) is 0 Å². The second-order valence-electron chi connectivity index (χ2n) is 7.77. The van der Waals surface area contributed by atoms with Crippen LogP contribution in [-0.2, 0) is 9.59 Å². The van der Waals surface area contributed by atoms with Gasteiger partial charge < -0.3 is 10.4 Å². The zero-order valence-corrected chi connectivity index (χ0v) is 16.4. The fraction of sp³-hybridized carbons (Fsp3) is 0.619. The van der Waals surface area contributed by atoms with Crippen LogP contribution in [0.2, 0.25) is 0 Å². The zero-order valence-electron chi connectivity index (χ0n) is 16.4. The molecule has 2 rings (SSSR count). The molecule has 0 heterocycles. The van der Waals surface area contributed by atoms with Crippen LogP contribution in [0.25, 0.3) is 0 Å². The minimum atomic E-state index is -0.795. The number of carbonyl (C=O) groups is 2. The van der Waals surface area contributed by atoms with E-state index in [1.165, 1.54) is 11.1 Å². The quantitative estimate of drug-likeness (QED) is 0.708. The molecule has 1 aromatic carbocycles. The normalized spacial score (nSPS) is 20.7. The number of rotatable bonds is 9. The Balaban J connectivity index is 1.76. The van der Waals surface area contributed by atoms with Gasteiger partial charge in [0.25, 0.3) is 0 Å². The number of hydrogen-bond donors (Lipinski definition) is 2. The average Bonchev–Trinajstić information content (AvgIpc) is 2.55. The molecule has 1 unspecified atom stereocenters. The van der Waals surface area contributed by atoms with Crippen LogP contribution in [-0.4, -0.2) is 47.1 Å². The third-order valence-electron chi connectivity index (χ3n) is 5.40. The third-order valence-corrected chi connectivity index (χ3v) is 5.40. The van der Waals surface area contributed by atoms with Crippen molar-refractivity contribution in [1.29, 1.82) is 0 Å². The first kappa shape index (κ1) is 20.4. The second-order valence-corrected chi connectivity index (χ2v) is 7.77. The molecule has 0 aromatic heterocycles. The zero-order chi connectivity index (χ0) is 19.3. The molecule has 144 valence electrons. The second kappa shape index (κ2) is 9.17. The Hall–Kier alpha value is -1.88. The van der Waals surface area contributed by atoms with Crippen molar-refractivity contribution in [2.75, 3.05) is 13.1 Å². The Morgan fingerprint density at radius 3 is 2.23 bits per heavy atom. The van der Waals surface area contributed by atoms with Crippen LogP contribution >= 0.6 is 0 Å². The lowest BCUT2D eigenvalue weighted by Gasteiger charge is -2.42. The Bertz CT molecular complexity index is 606. The minimum absolute atomic E-state index is 0.0746. The number of carboxylic acid groups (broad SMARTS) is 1. The number of carbonyl (C=O) groups excluding carboxylic acids is 1. The summed E-state index contributed by atoms with van der Waals surface area (Å²) < 4.78 is 0. The molecule has 0 saturated heterocycles. The van der Waals surface area contributed by atoms with Crippen LogP contribution in [0.5, 0.6) is 0 Å². The summed E-state index contributed by atoms with van der Waals surface area (Å²) in [5.74, 6) is -0.0175. The minimum Gasteiger partial charge on any atom is -0.480 e. The first-order valence-electron chi connectivity index (χ1n) is 9.65. The van der Waals surface area contributed by atoms with E-state index >= 15 is 0 Å². The lowest BCUT2D eigenvalue weighted by Crippen LogP contribution is -2.54. The van der Waals surface area contributed by atoms with E-state index in [9.17, 15) is 9.59 Å². The molecule has 1 fully saturated rings. The smallest absolute Gasteiger partial charge is 0.317 e. The lowest BCUT2D eigenvalue weighted by atomic mass is 9.85. The van der Waals surface area contributed by atoms with Crippen LogP contribution in [0.4, 0.5) is 0 Å². The highest BCUT2D eigenvalue weighted by Gasteiger charge is 2.34. The highest BCUT2D eigenvalue weighted by atomic mass is 16.4. The molecule has 26 heavy (non-hydrogen) atoms. The van der Waals surface area contributed by atoms with Gasteiger partial charge in [0.1, 0.15) is 0 Å². The number of hydrogen-bond acceptors (Lipinski definition) is 3. The maximum atomic E-state index is 12.3. The Labute approximate surface area is 156 Å². The molecule has 1 aromatic rings. The summed E-state index contributed by atoms with van der Waals surface area (Å²) in [5.41, 5.74) is 2.50. The van der Waals surface area contributed by atoms with Crippen molar-refractivity contribution in [1.82, 2.24) is 10.2 Å². The van der Waals surface area contributed by atoms with Crippen molar-refractivity contribution in [3.05, 3.63) is 35.4 Å². The van der Waals surface area contributed by atoms with E-state index in [0.29, 0.717) is 12.3 Å². The predicted octanol–water partition coefficient (Wildman–Crippen LogP) is 3.36. The van der Waals surface area contributed by atoms with Crippen LogP contribution in [0.3, 0.4) is 0 Å². The van der Waals surface area contributed by atoms with E-state index in [-0.39, 0.29) is 30.5 Å². The summed E-state index contributed by atoms with van der Waals surface area (Å²) >= 11 is 0. The van der Waals surface area contributed by atoms with Crippen molar-refractivity contribution >= 4 is 11.9 Å². The summed E-state index contributed by atoms with van der Waals surface area (Å²) in [6.07, 6.45) is 2.16. The molecule has 1 aliphatic carbocycles. The summed E-state index contributed by atoms with van der Waals surface area (Å²) in [5, 5.41) is 12.0. The largest absolute Gasteiger partial charge is 0.480 e. The first-order chi connectivity index (χ1) is 12.3. The van der Waals surface area contributed by atoms with E-state index < -0.39 is 5.97 Å². The Morgan fingerprint density at radius 1 is 1.15 bits per heavy atom. The maximum absolute atomic E-state index is 12.3. The van der Waals surface area contributed by atoms with E-state index in [1.54, 1.807) is 0 Å². The van der Waals surface area contributed by atoms with Crippen molar-refractivity contribution < 1.29 is 14.7 Å². The highest BCUT2D eigenvalue weighted by Crippen LogP contribution is 2.27. The molecule has 0 bridgehead atoms. The van der Waals surface area contributed by atoms with Gasteiger partial charge in [-0.25, -0.2) is 0 Å². The first-order valence-corrected chi connectivity index (χ1v) is 9.65. The van der Waals surface area contributed by atoms with Crippen LogP contribution in [0.1, 0.15) is 69.9 Å². The molecule has 0 spiro atoms. The van der Waals surface area contributed by atoms with Crippen LogP contribution in [0.15, 0.2) is 24.3 Å². The van der Waals surface area contributed by atoms with Gasteiger partial charge in [-0.05, 0) is 42.3 Å². The SMILES string of the molecule is CCN(CC(=O)O)C1CC(NC(=O)CC(C)c2ccc(C(C)C)cc2)C1. The number of likely N-dealkylation sites (N-methyl/N-ethyl adjacent to an activating group) is 1. The molecule has 1 aliphatic rings. The van der Waals surface area contributed by atoms with Gasteiger partial charge in [0.15, 0.2) is 0 Å². The summed E-state index contributed by atoms with van der Waals surface area (Å²) in [6, 6.07) is 8.97. The lowest BCUT2D eigenvalue weighted by molar-refractivity contribution is -0.139. The molecule has 0 aliphatic heterocycles. The van der Waals surface area contributed by atoms with Crippen molar-refractivity contribution in [2.24, 2.45) is 0 Å². The molecule has 1 amide bonds. The van der Waals surface area contributed by atoms with Gasteiger partial charge in [-0.15, -0.1) is 0 Å². The standard InChI is InChI=1S/C21H32N2O3/c1-5-23(13-21(25)26)19-11-18(12-19)22-20(24)10-15(4)17-8-6-16(7-9-17)14(2)3/h6-9,14-15,18-19H,5,10-13H2,1-4H3,(H,22,24)(H,25,26). The van der Waals surface area contributed by atoms with Crippen LogP contribution < -0.4 is 5.32 Å². The van der Waals surface area contributed by atoms with Crippen molar-refractivity contribution in [3.63, 3.8) is 0 Å². The number of aliphatic carboxylic acids is 1. The molecule has 2 N–H and O–H groups in total. The summed E-state index contributed by atoms with van der Waals surface area (Å²) in [4.78, 5) is 25.1. The highest BCUT2D eigenvalue weighted by molar-refractivity contribution is 5.77. The summed E-state index contributed by atoms with van der Waals surface area (Å²) in [7, 11) is 0. The molecular formula is C21H32N2O3. The number of nitrogens with zero attached hydrogens (tertiary/aromatic N) is 1. The monoisotopic (exact) mass is 360 g/mol. The van der Waals surface area contributed by atoms with Gasteiger partial charge >= 0.3 is 5.97 Å². The number of amides is 1. The van der Waals surface area contributed by atoms with E-state index in [2.05, 4.69) is 50.4 Å². The topological polar surface area (TPSA) is 69.6 Å². The number of benzene rings is 1. The molecule has 0 radical (unpaired) electrons. The van der Waals surface area contributed by atoms with Gasteiger partial charge in [0.2, 0.25) is 5.91 Å². The van der Waals surface area contributed by atoms with Crippen LogP contribution in [0, 0.1) is 0 Å². The third kappa shape index (κ3) is 5.56. The van der Waals surface area contributed by atoms with Gasteiger partial charge in [0.05, 0.1) is 6.54 Å². The van der Waals surface area contributed by atoms with E-state index in [0.717, 1.165) is 19.4 Å². The molecular weight excluding hydrogens is 328 g/mol. The maximum Gasteiger partial charge on any atom is 0.317 e. The molecule has 5 nitrogen and oxygen atoms in total. The van der Waals surface area contributed by atoms with Gasteiger partial charge in [-0.3, -0.25) is 14.5 Å². The number of carboxylic acids is 1. The molecule has 1 saturated carbocycles. The average molecular weight is 360 g/mol. The van der Waals surface area contributed by atoms with Gasteiger partial charge in [0, 0.05) is 18.5 Å². The Morgan fingerprint density at radius 2 is 1.73 bits per heavy atom. The Kier molecular flexibility index (Phi) is 7.21. The molecule has 1 atom stereocenters.